The van der Waals surface area contributed by atoms with Gasteiger partial charge in [0.05, 0.1) is 19.9 Å². The van der Waals surface area contributed by atoms with Gasteiger partial charge in [-0.05, 0) is 74.4 Å². The number of benzene rings is 1. The highest BCUT2D eigenvalue weighted by Crippen LogP contribution is 2.26. The van der Waals surface area contributed by atoms with Crippen molar-refractivity contribution in [3.8, 4) is 11.6 Å². The number of halogens is 1. The fourth-order valence-electron chi connectivity index (χ4n) is 4.80. The van der Waals surface area contributed by atoms with Gasteiger partial charge in [0.2, 0.25) is 5.88 Å². The second-order valence-electron chi connectivity index (χ2n) is 9.18. The van der Waals surface area contributed by atoms with Crippen molar-refractivity contribution in [2.45, 2.75) is 51.5 Å². The summed E-state index contributed by atoms with van der Waals surface area (Å²) in [4.78, 5) is 6.39. The molecule has 1 aromatic heterocycles. The normalized spacial score (nSPS) is 18.8. The van der Waals surface area contributed by atoms with Gasteiger partial charge in [-0.3, -0.25) is 4.90 Å². The molecule has 0 atom stereocenters. The second kappa shape index (κ2) is 11.5. The Hall–Kier alpha value is -2.40. The van der Waals surface area contributed by atoms with Gasteiger partial charge in [-0.1, -0.05) is 43.5 Å². The van der Waals surface area contributed by atoms with Crippen molar-refractivity contribution < 1.29 is 13.9 Å². The molecule has 0 amide bonds. The van der Waals surface area contributed by atoms with Crippen LogP contribution in [0.15, 0.2) is 42.6 Å². The Morgan fingerprint density at radius 3 is 2.53 bits per heavy atom. The van der Waals surface area contributed by atoms with Crippen LogP contribution in [0.2, 0.25) is 0 Å². The Morgan fingerprint density at radius 1 is 1.06 bits per heavy atom. The monoisotopic (exact) mass is 438 g/mol. The molecular formula is C27H35FN2O2. The molecule has 2 aromatic rings. The average molecular weight is 439 g/mol. The number of nitrogens with zero attached hydrogens (tertiary/aromatic N) is 2. The molecular weight excluding hydrogens is 403 g/mol. The van der Waals surface area contributed by atoms with Gasteiger partial charge in [-0.2, -0.15) is 0 Å². The van der Waals surface area contributed by atoms with Gasteiger partial charge in [-0.25, -0.2) is 9.37 Å². The lowest BCUT2D eigenvalue weighted by molar-refractivity contribution is 0.193. The zero-order valence-corrected chi connectivity index (χ0v) is 19.1. The lowest BCUT2D eigenvalue weighted by Gasteiger charge is -2.30. The van der Waals surface area contributed by atoms with E-state index < -0.39 is 0 Å². The maximum atomic E-state index is 13.6. The summed E-state index contributed by atoms with van der Waals surface area (Å²) in [7, 11) is 1.58. The minimum absolute atomic E-state index is 0.316. The van der Waals surface area contributed by atoms with Gasteiger partial charge < -0.3 is 9.47 Å². The van der Waals surface area contributed by atoms with Gasteiger partial charge in [0.1, 0.15) is 11.6 Å². The van der Waals surface area contributed by atoms with Gasteiger partial charge in [0.15, 0.2) is 0 Å². The molecule has 2 fully saturated rings. The Labute approximate surface area is 191 Å². The number of ether oxygens (including phenoxy) is 2. The first-order valence-corrected chi connectivity index (χ1v) is 12.0. The van der Waals surface area contributed by atoms with Crippen LogP contribution < -0.4 is 9.47 Å². The zero-order chi connectivity index (χ0) is 22.2. The maximum Gasteiger partial charge on any atom is 0.217 e. The number of hydrogen-bond acceptors (Lipinski definition) is 4. The SMILES string of the molecule is COc1ncc(F)cc1CN1CCC(C=Cc2ccc(OCC3CCCCC3)cc2)CC1. The van der Waals surface area contributed by atoms with Crippen LogP contribution in [-0.4, -0.2) is 36.7 Å². The molecule has 4 rings (SSSR count). The molecule has 1 aliphatic heterocycles. The van der Waals surface area contributed by atoms with E-state index in [1.807, 2.05) is 0 Å². The third-order valence-corrected chi connectivity index (χ3v) is 6.76. The number of rotatable bonds is 8. The van der Waals surface area contributed by atoms with Crippen molar-refractivity contribution in [2.24, 2.45) is 11.8 Å². The van der Waals surface area contributed by atoms with Crippen LogP contribution in [0.5, 0.6) is 11.6 Å². The first kappa shape index (κ1) is 22.8. The number of likely N-dealkylation sites (tertiary alicyclic amines) is 1. The first-order valence-electron chi connectivity index (χ1n) is 12.0. The third-order valence-electron chi connectivity index (χ3n) is 6.76. The molecule has 0 radical (unpaired) electrons. The minimum atomic E-state index is -0.316. The van der Waals surface area contributed by atoms with Crippen molar-refractivity contribution in [1.82, 2.24) is 9.88 Å². The smallest absolute Gasteiger partial charge is 0.217 e. The molecule has 0 unspecified atom stereocenters. The Morgan fingerprint density at radius 2 is 1.81 bits per heavy atom. The topological polar surface area (TPSA) is 34.6 Å². The summed E-state index contributed by atoms with van der Waals surface area (Å²) in [5.41, 5.74) is 2.03. The largest absolute Gasteiger partial charge is 0.493 e. The number of methoxy groups -OCH3 is 1. The second-order valence-corrected chi connectivity index (χ2v) is 9.18. The molecule has 4 nitrogen and oxygen atoms in total. The third kappa shape index (κ3) is 6.55. The molecule has 1 aliphatic carbocycles. The highest BCUT2D eigenvalue weighted by Gasteiger charge is 2.19. The maximum absolute atomic E-state index is 13.6. The predicted octanol–water partition coefficient (Wildman–Crippen LogP) is 6.11. The summed E-state index contributed by atoms with van der Waals surface area (Å²) in [6.45, 7) is 3.50. The van der Waals surface area contributed by atoms with E-state index in [-0.39, 0.29) is 5.82 Å². The van der Waals surface area contributed by atoms with Crippen LogP contribution in [-0.2, 0) is 6.54 Å². The highest BCUT2D eigenvalue weighted by molar-refractivity contribution is 5.50. The van der Waals surface area contributed by atoms with Crippen LogP contribution in [0, 0.1) is 17.7 Å². The quantitative estimate of drug-likeness (QED) is 0.498. The average Bonchev–Trinajstić information content (AvgIpc) is 2.84. The van der Waals surface area contributed by atoms with Crippen molar-refractivity contribution in [3.05, 3.63) is 59.5 Å². The van der Waals surface area contributed by atoms with Crippen LogP contribution in [0.4, 0.5) is 4.39 Å². The number of pyridine rings is 1. The Kier molecular flexibility index (Phi) is 8.16. The van der Waals surface area contributed by atoms with Crippen LogP contribution in [0.25, 0.3) is 6.08 Å². The van der Waals surface area contributed by atoms with E-state index in [9.17, 15) is 4.39 Å². The lowest BCUT2D eigenvalue weighted by atomic mass is 9.90. The van der Waals surface area contributed by atoms with Crippen molar-refractivity contribution in [1.29, 1.82) is 0 Å². The van der Waals surface area contributed by atoms with Gasteiger partial charge in [0.25, 0.3) is 0 Å². The summed E-state index contributed by atoms with van der Waals surface area (Å²) in [6, 6.07) is 9.99. The molecule has 2 aliphatic rings. The van der Waals surface area contributed by atoms with E-state index in [4.69, 9.17) is 9.47 Å². The molecule has 0 spiro atoms. The standard InChI is InChI=1S/C27H35FN2O2/c1-31-27-24(17-25(28)18-29-27)19-30-15-13-22(14-16-30)8-7-21-9-11-26(12-10-21)32-20-23-5-3-2-4-6-23/h7-12,17-18,22-23H,2-6,13-16,19-20H2,1H3. The van der Waals surface area contributed by atoms with E-state index in [0.29, 0.717) is 18.3 Å². The van der Waals surface area contributed by atoms with Gasteiger partial charge in [-0.15, -0.1) is 0 Å². The minimum Gasteiger partial charge on any atom is -0.493 e. The molecule has 172 valence electrons. The van der Waals surface area contributed by atoms with Crippen LogP contribution >= 0.6 is 0 Å². The van der Waals surface area contributed by atoms with Crippen molar-refractivity contribution in [3.63, 3.8) is 0 Å². The van der Waals surface area contributed by atoms with E-state index in [2.05, 4.69) is 46.3 Å². The summed E-state index contributed by atoms with van der Waals surface area (Å²) in [5, 5.41) is 0. The van der Waals surface area contributed by atoms with E-state index >= 15 is 0 Å². The molecule has 1 saturated heterocycles. The number of aromatic nitrogens is 1. The Balaban J connectivity index is 1.21. The van der Waals surface area contributed by atoms with Gasteiger partial charge >= 0.3 is 0 Å². The molecule has 0 bridgehead atoms. The van der Waals surface area contributed by atoms with E-state index in [1.54, 1.807) is 7.11 Å². The molecule has 2 heterocycles. The fourth-order valence-corrected chi connectivity index (χ4v) is 4.80. The number of hydrogen-bond donors (Lipinski definition) is 0. The van der Waals surface area contributed by atoms with Gasteiger partial charge in [0, 0.05) is 12.1 Å². The molecule has 5 heteroatoms. The molecule has 1 aromatic carbocycles. The Bertz CT molecular complexity index is 870. The molecule has 32 heavy (non-hydrogen) atoms. The first-order chi connectivity index (χ1) is 15.7. The van der Waals surface area contributed by atoms with Crippen molar-refractivity contribution >= 4 is 6.08 Å². The van der Waals surface area contributed by atoms with E-state index in [0.717, 1.165) is 49.8 Å². The van der Waals surface area contributed by atoms with Crippen molar-refractivity contribution in [2.75, 3.05) is 26.8 Å². The highest BCUT2D eigenvalue weighted by atomic mass is 19.1. The fraction of sp³-hybridized carbons (Fsp3) is 0.519. The zero-order valence-electron chi connectivity index (χ0n) is 19.1. The lowest BCUT2D eigenvalue weighted by Crippen LogP contribution is -2.32. The van der Waals surface area contributed by atoms with E-state index in [1.165, 1.54) is 49.9 Å². The summed E-state index contributed by atoms with van der Waals surface area (Å²) >= 11 is 0. The summed E-state index contributed by atoms with van der Waals surface area (Å²) in [5.74, 6) is 2.47. The van der Waals surface area contributed by atoms with Crippen LogP contribution in [0.1, 0.15) is 56.1 Å². The predicted molar refractivity (Wildman–Crippen MR) is 126 cm³/mol. The number of allylic oxidation sites excluding steroid dienone is 1. The van der Waals surface area contributed by atoms with Crippen LogP contribution in [0.3, 0.4) is 0 Å². The summed E-state index contributed by atoms with van der Waals surface area (Å²) < 4.78 is 24.9. The summed E-state index contributed by atoms with van der Waals surface area (Å²) in [6.07, 6.45) is 14.7. The number of piperidine rings is 1. The molecule has 1 saturated carbocycles. The molecule has 0 N–H and O–H groups in total.